The highest BCUT2D eigenvalue weighted by molar-refractivity contribution is 5.82. The lowest BCUT2D eigenvalue weighted by molar-refractivity contribution is -0.137. The van der Waals surface area contributed by atoms with E-state index in [1.54, 1.807) is 7.11 Å². The second kappa shape index (κ2) is 6.86. The minimum absolute atomic E-state index is 0.0304. The Labute approximate surface area is 120 Å². The minimum atomic E-state index is -0.469. The molecule has 0 spiro atoms. The number of hydrogen-bond donors (Lipinski definition) is 1. The number of amides is 1. The van der Waals surface area contributed by atoms with Crippen molar-refractivity contribution in [1.29, 1.82) is 0 Å². The van der Waals surface area contributed by atoms with Crippen LogP contribution in [0.3, 0.4) is 0 Å². The van der Waals surface area contributed by atoms with Gasteiger partial charge in [0.1, 0.15) is 0 Å². The van der Waals surface area contributed by atoms with Crippen LogP contribution in [0, 0.1) is 5.92 Å². The molecule has 0 aliphatic carbocycles. The van der Waals surface area contributed by atoms with Gasteiger partial charge >= 0.3 is 0 Å². The van der Waals surface area contributed by atoms with Crippen molar-refractivity contribution in [3.8, 4) is 0 Å². The number of nitrogens with two attached hydrogens (primary N) is 1. The highest BCUT2D eigenvalue weighted by Gasteiger charge is 2.30. The zero-order valence-electron chi connectivity index (χ0n) is 12.3. The number of ether oxygens (including phenoxy) is 1. The molecule has 1 amide bonds. The first-order chi connectivity index (χ1) is 9.61. The maximum Gasteiger partial charge on any atom is 0.239 e. The van der Waals surface area contributed by atoms with E-state index >= 15 is 0 Å². The highest BCUT2D eigenvalue weighted by Crippen LogP contribution is 2.20. The number of likely N-dealkylation sites (tertiary alicyclic amines) is 1. The van der Waals surface area contributed by atoms with Crippen molar-refractivity contribution in [2.45, 2.75) is 31.9 Å². The molecule has 0 bridgehead atoms. The van der Waals surface area contributed by atoms with Crippen LogP contribution in [-0.4, -0.2) is 43.2 Å². The van der Waals surface area contributed by atoms with Crippen LogP contribution < -0.4 is 5.73 Å². The fourth-order valence-electron chi connectivity index (χ4n) is 2.73. The average Bonchev–Trinajstić information content (AvgIpc) is 2.48. The zero-order valence-corrected chi connectivity index (χ0v) is 12.3. The molecular formula is C16H24N2O2. The second-order valence-electron chi connectivity index (χ2n) is 5.62. The van der Waals surface area contributed by atoms with Gasteiger partial charge in [-0.2, -0.15) is 0 Å². The Bertz CT molecular complexity index is 435. The van der Waals surface area contributed by atoms with Gasteiger partial charge in [-0.3, -0.25) is 4.79 Å². The summed E-state index contributed by atoms with van der Waals surface area (Å²) in [6, 6.07) is 9.44. The fourth-order valence-corrected chi connectivity index (χ4v) is 2.73. The van der Waals surface area contributed by atoms with Crippen LogP contribution in [0.1, 0.15) is 18.9 Å². The number of methoxy groups -OCH3 is 1. The lowest BCUT2D eigenvalue weighted by Gasteiger charge is -2.37. The third-order valence-electron chi connectivity index (χ3n) is 4.12. The predicted molar refractivity (Wildman–Crippen MR) is 79.3 cm³/mol. The Kier molecular flexibility index (Phi) is 5.15. The summed E-state index contributed by atoms with van der Waals surface area (Å²) in [5, 5.41) is 0. The topological polar surface area (TPSA) is 55.6 Å². The van der Waals surface area contributed by atoms with E-state index in [0.29, 0.717) is 18.9 Å². The lowest BCUT2D eigenvalue weighted by Crippen LogP contribution is -2.52. The summed E-state index contributed by atoms with van der Waals surface area (Å²) in [5.74, 6) is 0.525. The zero-order chi connectivity index (χ0) is 14.5. The molecule has 4 nitrogen and oxygen atoms in total. The lowest BCUT2D eigenvalue weighted by atomic mass is 9.95. The van der Waals surface area contributed by atoms with Crippen LogP contribution in [0.4, 0.5) is 0 Å². The Hall–Kier alpha value is -1.39. The standard InChI is InChI=1S/C16H24N2O2/c1-12-8-9-18(11-15(12)20-2)16(19)14(17)10-13-6-4-3-5-7-13/h3-7,12,14-15H,8-11,17H2,1-2H3. The largest absolute Gasteiger partial charge is 0.379 e. The molecule has 1 aliphatic heterocycles. The molecule has 110 valence electrons. The van der Waals surface area contributed by atoms with Crippen molar-refractivity contribution in [2.75, 3.05) is 20.2 Å². The van der Waals surface area contributed by atoms with Crippen LogP contribution in [0.25, 0.3) is 0 Å². The molecule has 0 saturated carbocycles. The third kappa shape index (κ3) is 3.58. The first kappa shape index (κ1) is 15.0. The third-order valence-corrected chi connectivity index (χ3v) is 4.12. The molecule has 1 fully saturated rings. The first-order valence-corrected chi connectivity index (χ1v) is 7.23. The summed E-state index contributed by atoms with van der Waals surface area (Å²) < 4.78 is 5.45. The molecule has 1 saturated heterocycles. The smallest absolute Gasteiger partial charge is 0.239 e. The van der Waals surface area contributed by atoms with E-state index in [0.717, 1.165) is 18.5 Å². The van der Waals surface area contributed by atoms with E-state index in [1.165, 1.54) is 0 Å². The molecule has 2 N–H and O–H groups in total. The van der Waals surface area contributed by atoms with Crippen molar-refractivity contribution < 1.29 is 9.53 Å². The number of benzene rings is 1. The predicted octanol–water partition coefficient (Wildman–Crippen LogP) is 1.44. The molecule has 1 aliphatic rings. The van der Waals surface area contributed by atoms with E-state index in [9.17, 15) is 4.79 Å². The van der Waals surface area contributed by atoms with Crippen molar-refractivity contribution >= 4 is 5.91 Å². The van der Waals surface area contributed by atoms with E-state index in [1.807, 2.05) is 35.2 Å². The van der Waals surface area contributed by atoms with Crippen LogP contribution in [0.15, 0.2) is 30.3 Å². The van der Waals surface area contributed by atoms with Gasteiger partial charge in [0.2, 0.25) is 5.91 Å². The number of nitrogens with zero attached hydrogens (tertiary/aromatic N) is 1. The molecule has 4 heteroatoms. The number of rotatable bonds is 4. The molecule has 3 atom stereocenters. The fraction of sp³-hybridized carbons (Fsp3) is 0.562. The maximum atomic E-state index is 12.4. The van der Waals surface area contributed by atoms with Crippen LogP contribution in [0.2, 0.25) is 0 Å². The SMILES string of the molecule is COC1CN(C(=O)C(N)Cc2ccccc2)CCC1C. The Morgan fingerprint density at radius 1 is 1.45 bits per heavy atom. The summed E-state index contributed by atoms with van der Waals surface area (Å²) in [4.78, 5) is 14.3. The van der Waals surface area contributed by atoms with Crippen LogP contribution in [-0.2, 0) is 16.0 Å². The van der Waals surface area contributed by atoms with Crippen molar-refractivity contribution in [3.05, 3.63) is 35.9 Å². The number of hydrogen-bond acceptors (Lipinski definition) is 3. The normalized spacial score (nSPS) is 24.4. The van der Waals surface area contributed by atoms with E-state index < -0.39 is 6.04 Å². The number of carbonyl (C=O) groups excluding carboxylic acids is 1. The van der Waals surface area contributed by atoms with Crippen molar-refractivity contribution in [2.24, 2.45) is 11.7 Å². The van der Waals surface area contributed by atoms with Gasteiger partial charge in [0.05, 0.1) is 12.1 Å². The molecule has 1 heterocycles. The summed E-state index contributed by atoms with van der Waals surface area (Å²) in [6.45, 7) is 3.60. The molecule has 1 aromatic rings. The molecule has 0 aromatic heterocycles. The molecule has 2 rings (SSSR count). The average molecular weight is 276 g/mol. The maximum absolute atomic E-state index is 12.4. The first-order valence-electron chi connectivity index (χ1n) is 7.23. The quantitative estimate of drug-likeness (QED) is 0.905. The van der Waals surface area contributed by atoms with E-state index in [4.69, 9.17) is 10.5 Å². The highest BCUT2D eigenvalue weighted by atomic mass is 16.5. The van der Waals surface area contributed by atoms with Crippen molar-refractivity contribution in [3.63, 3.8) is 0 Å². The van der Waals surface area contributed by atoms with Gasteiger partial charge < -0.3 is 15.4 Å². The number of carbonyl (C=O) groups is 1. The molecular weight excluding hydrogens is 252 g/mol. The Morgan fingerprint density at radius 2 is 2.15 bits per heavy atom. The summed E-state index contributed by atoms with van der Waals surface area (Å²) in [7, 11) is 1.71. The van der Waals surface area contributed by atoms with Gasteiger partial charge in [-0.25, -0.2) is 0 Å². The minimum Gasteiger partial charge on any atom is -0.379 e. The van der Waals surface area contributed by atoms with Gasteiger partial charge in [0, 0.05) is 20.2 Å². The van der Waals surface area contributed by atoms with Gasteiger partial charge in [0.15, 0.2) is 0 Å². The summed E-state index contributed by atoms with van der Waals surface area (Å²) >= 11 is 0. The van der Waals surface area contributed by atoms with E-state index in [2.05, 4.69) is 6.92 Å². The Morgan fingerprint density at radius 3 is 2.80 bits per heavy atom. The summed E-state index contributed by atoms with van der Waals surface area (Å²) in [5.41, 5.74) is 7.17. The number of piperidine rings is 1. The van der Waals surface area contributed by atoms with Crippen LogP contribution in [0.5, 0.6) is 0 Å². The van der Waals surface area contributed by atoms with Crippen molar-refractivity contribution in [1.82, 2.24) is 4.90 Å². The molecule has 3 unspecified atom stereocenters. The second-order valence-corrected chi connectivity index (χ2v) is 5.62. The molecule has 20 heavy (non-hydrogen) atoms. The van der Waals surface area contributed by atoms with Gasteiger partial charge in [-0.05, 0) is 24.3 Å². The summed E-state index contributed by atoms with van der Waals surface area (Å²) in [6.07, 6.45) is 1.68. The van der Waals surface area contributed by atoms with Gasteiger partial charge in [-0.15, -0.1) is 0 Å². The van der Waals surface area contributed by atoms with E-state index in [-0.39, 0.29) is 12.0 Å². The van der Waals surface area contributed by atoms with Gasteiger partial charge in [0.25, 0.3) is 0 Å². The monoisotopic (exact) mass is 276 g/mol. The molecule has 1 aromatic carbocycles. The Balaban J connectivity index is 1.93. The molecule has 0 radical (unpaired) electrons. The van der Waals surface area contributed by atoms with Crippen LogP contribution >= 0.6 is 0 Å². The van der Waals surface area contributed by atoms with Gasteiger partial charge in [-0.1, -0.05) is 37.3 Å².